The number of ether oxygens (including phenoxy) is 2. The first kappa shape index (κ1) is 14.5. The minimum Gasteiger partial charge on any atom is -0.381 e. The maximum absolute atomic E-state index is 5.29. The fraction of sp³-hybridized carbons (Fsp3) is 0.750. The summed E-state index contributed by atoms with van der Waals surface area (Å²) in [5.41, 5.74) is 0. The van der Waals surface area contributed by atoms with E-state index in [1.807, 2.05) is 0 Å². The smallest absolute Gasteiger partial charge is 0.156 e. The minimum absolute atomic E-state index is 0. The Morgan fingerprint density at radius 2 is 2.09 bits per heavy atom. The fourth-order valence-electron chi connectivity index (χ4n) is 1.19. The molecule has 0 N–H and O–H groups in total. The third kappa shape index (κ3) is 3.98. The zero-order valence-corrected chi connectivity index (χ0v) is 10.4. The Kier molecular flexibility index (Phi) is 8.63. The van der Waals surface area contributed by atoms with E-state index in [2.05, 4.69) is 13.8 Å². The molecule has 0 spiro atoms. The third-order valence-corrected chi connectivity index (χ3v) is 1.66. The number of methoxy groups -OCH3 is 1. The van der Waals surface area contributed by atoms with Crippen molar-refractivity contribution >= 4 is 0 Å². The van der Waals surface area contributed by atoms with Gasteiger partial charge in [-0.1, -0.05) is 13.0 Å². The molecular weight excluding hydrogens is 217 g/mol. The van der Waals surface area contributed by atoms with E-state index in [1.165, 1.54) is 0 Å². The molecule has 1 saturated heterocycles. The summed E-state index contributed by atoms with van der Waals surface area (Å²) in [6.07, 6.45) is 1.12. The van der Waals surface area contributed by atoms with Gasteiger partial charge in [-0.25, -0.2) is 0 Å². The molecule has 3 atom stereocenters. The first-order valence-corrected chi connectivity index (χ1v) is 3.25. The summed E-state index contributed by atoms with van der Waals surface area (Å²) in [7, 11) is 1.67. The SMILES string of the molecule is [CH2-]C1CC(C)C(OC)O1.[CH3-].[Y]. The van der Waals surface area contributed by atoms with Gasteiger partial charge in [0.05, 0.1) is 0 Å². The molecule has 3 heteroatoms. The van der Waals surface area contributed by atoms with Crippen LogP contribution in [0.2, 0.25) is 0 Å². The van der Waals surface area contributed by atoms with Crippen LogP contribution < -0.4 is 0 Å². The molecule has 65 valence electrons. The fourth-order valence-corrected chi connectivity index (χ4v) is 1.19. The van der Waals surface area contributed by atoms with Crippen LogP contribution in [0.25, 0.3) is 0 Å². The summed E-state index contributed by atoms with van der Waals surface area (Å²) in [5.74, 6) is 0.498. The molecule has 0 aromatic carbocycles. The quantitative estimate of drug-likeness (QED) is 0.641. The Balaban J connectivity index is 0. The second-order valence-electron chi connectivity index (χ2n) is 2.58. The van der Waals surface area contributed by atoms with E-state index in [1.54, 1.807) is 7.11 Å². The van der Waals surface area contributed by atoms with Crippen molar-refractivity contribution in [2.75, 3.05) is 7.11 Å². The summed E-state index contributed by atoms with van der Waals surface area (Å²) in [5, 5.41) is 0. The standard InChI is InChI=1S/C7H13O2.CH3.Y/c1-5-4-6(2)9-7(5)8-3;;/h5-7H,2,4H2,1,3H3;1H3;/q2*-1;. The molecule has 11 heavy (non-hydrogen) atoms. The summed E-state index contributed by atoms with van der Waals surface area (Å²) in [6.45, 7) is 5.89. The number of hydrogen-bond donors (Lipinski definition) is 0. The van der Waals surface area contributed by atoms with Gasteiger partial charge in [0.1, 0.15) is 0 Å². The zero-order valence-electron chi connectivity index (χ0n) is 7.54. The molecule has 2 nitrogen and oxygen atoms in total. The van der Waals surface area contributed by atoms with Crippen molar-refractivity contribution in [1.82, 2.24) is 0 Å². The Labute approximate surface area is 94.9 Å². The maximum Gasteiger partial charge on any atom is 0.156 e. The van der Waals surface area contributed by atoms with E-state index in [0.29, 0.717) is 5.92 Å². The summed E-state index contributed by atoms with van der Waals surface area (Å²) in [6, 6.07) is 0. The van der Waals surface area contributed by atoms with Gasteiger partial charge < -0.3 is 23.8 Å². The van der Waals surface area contributed by atoms with Crippen LogP contribution in [-0.4, -0.2) is 19.5 Å². The van der Waals surface area contributed by atoms with E-state index < -0.39 is 0 Å². The van der Waals surface area contributed by atoms with Gasteiger partial charge in [-0.3, -0.25) is 0 Å². The third-order valence-electron chi connectivity index (χ3n) is 1.66. The Morgan fingerprint density at radius 1 is 1.55 bits per heavy atom. The Hall–Kier alpha value is 1.02. The van der Waals surface area contributed by atoms with E-state index >= 15 is 0 Å². The van der Waals surface area contributed by atoms with Gasteiger partial charge in [0.2, 0.25) is 0 Å². The molecule has 0 aromatic heterocycles. The summed E-state index contributed by atoms with van der Waals surface area (Å²) in [4.78, 5) is 0. The topological polar surface area (TPSA) is 18.5 Å². The predicted molar refractivity (Wildman–Crippen MR) is 41.2 cm³/mol. The Morgan fingerprint density at radius 3 is 2.27 bits per heavy atom. The van der Waals surface area contributed by atoms with Crippen molar-refractivity contribution in [3.05, 3.63) is 14.4 Å². The summed E-state index contributed by atoms with van der Waals surface area (Å²) < 4.78 is 10.3. The van der Waals surface area contributed by atoms with Gasteiger partial charge >= 0.3 is 0 Å². The van der Waals surface area contributed by atoms with Crippen molar-refractivity contribution in [3.8, 4) is 0 Å². The minimum atomic E-state index is -0.0208. The van der Waals surface area contributed by atoms with Crippen LogP contribution in [0.1, 0.15) is 13.3 Å². The van der Waals surface area contributed by atoms with Crippen LogP contribution in [0.3, 0.4) is 0 Å². The van der Waals surface area contributed by atoms with E-state index in [4.69, 9.17) is 9.47 Å². The maximum atomic E-state index is 5.29. The summed E-state index contributed by atoms with van der Waals surface area (Å²) >= 11 is 0. The van der Waals surface area contributed by atoms with Crippen LogP contribution in [0, 0.1) is 20.3 Å². The molecule has 0 aromatic rings. The van der Waals surface area contributed by atoms with Gasteiger partial charge in [0.25, 0.3) is 0 Å². The van der Waals surface area contributed by atoms with Crippen LogP contribution >= 0.6 is 0 Å². The average molecular weight is 233 g/mol. The second kappa shape index (κ2) is 6.53. The molecule has 3 unspecified atom stereocenters. The predicted octanol–water partition coefficient (Wildman–Crippen LogP) is 1.67. The molecule has 1 aliphatic rings. The number of hydrogen-bond acceptors (Lipinski definition) is 2. The van der Waals surface area contributed by atoms with E-state index in [9.17, 15) is 0 Å². The molecule has 1 aliphatic heterocycles. The second-order valence-corrected chi connectivity index (χ2v) is 2.58. The molecule has 1 fully saturated rings. The van der Waals surface area contributed by atoms with E-state index in [0.717, 1.165) is 6.42 Å². The molecule has 0 amide bonds. The van der Waals surface area contributed by atoms with Crippen molar-refractivity contribution in [2.24, 2.45) is 5.92 Å². The van der Waals surface area contributed by atoms with Crippen LogP contribution in [0.5, 0.6) is 0 Å². The van der Waals surface area contributed by atoms with Gasteiger partial charge in [-0.15, -0.1) is 0 Å². The van der Waals surface area contributed by atoms with E-state index in [-0.39, 0.29) is 52.5 Å². The van der Waals surface area contributed by atoms with Gasteiger partial charge in [0, 0.05) is 45.7 Å². The molecule has 0 bridgehead atoms. The molecule has 1 heterocycles. The average Bonchev–Trinajstić information content (AvgIpc) is 2.10. The monoisotopic (exact) mass is 233 g/mol. The molecular formula is C8H16O2Y-2. The number of rotatable bonds is 1. The van der Waals surface area contributed by atoms with Crippen LogP contribution in [0.15, 0.2) is 0 Å². The van der Waals surface area contributed by atoms with Crippen molar-refractivity contribution < 1.29 is 42.2 Å². The molecule has 1 rings (SSSR count). The van der Waals surface area contributed by atoms with Gasteiger partial charge in [0.15, 0.2) is 6.29 Å². The van der Waals surface area contributed by atoms with Gasteiger partial charge in [-0.05, 0) is 6.42 Å². The zero-order chi connectivity index (χ0) is 6.85. The Bertz CT molecular complexity index is 98.1. The van der Waals surface area contributed by atoms with Crippen molar-refractivity contribution in [3.63, 3.8) is 0 Å². The molecule has 0 aliphatic carbocycles. The van der Waals surface area contributed by atoms with Crippen LogP contribution in [0.4, 0.5) is 0 Å². The molecule has 1 radical (unpaired) electrons. The van der Waals surface area contributed by atoms with Crippen molar-refractivity contribution in [2.45, 2.75) is 25.7 Å². The largest absolute Gasteiger partial charge is 0.381 e. The van der Waals surface area contributed by atoms with Gasteiger partial charge in [-0.2, -0.15) is 0 Å². The normalized spacial score (nSPS) is 35.7. The first-order chi connectivity index (χ1) is 4.24. The first-order valence-electron chi connectivity index (χ1n) is 3.25. The van der Waals surface area contributed by atoms with Crippen LogP contribution in [-0.2, 0) is 42.2 Å². The van der Waals surface area contributed by atoms with Crippen molar-refractivity contribution in [1.29, 1.82) is 0 Å². The molecule has 0 saturated carbocycles.